The van der Waals surface area contributed by atoms with Gasteiger partial charge in [-0.25, -0.2) is 4.79 Å². The maximum absolute atomic E-state index is 12.2. The van der Waals surface area contributed by atoms with Crippen LogP contribution in [0.2, 0.25) is 0 Å². The summed E-state index contributed by atoms with van der Waals surface area (Å²) in [6.45, 7) is 7.25. The molecule has 5 heteroatoms. The number of hydrogen-bond donors (Lipinski definition) is 0. The number of rotatable bonds is 6. The van der Waals surface area contributed by atoms with Crippen LogP contribution in [0.4, 0.5) is 4.79 Å². The highest BCUT2D eigenvalue weighted by Crippen LogP contribution is 2.13. The molecule has 0 aliphatic carbocycles. The molecule has 0 saturated heterocycles. The summed E-state index contributed by atoms with van der Waals surface area (Å²) in [5.41, 5.74) is 0.698. The molecule has 1 amide bonds. The van der Waals surface area contributed by atoms with Crippen molar-refractivity contribution in [3.05, 3.63) is 34.3 Å². The lowest BCUT2D eigenvalue weighted by molar-refractivity contribution is 0.0204. The first-order valence-corrected chi connectivity index (χ1v) is 7.82. The summed E-state index contributed by atoms with van der Waals surface area (Å²) in [4.78, 5) is 13.9. The molecule has 0 heterocycles. The van der Waals surface area contributed by atoms with Crippen LogP contribution in [0.25, 0.3) is 0 Å². The molecule has 0 saturated carbocycles. The van der Waals surface area contributed by atoms with Gasteiger partial charge in [0.1, 0.15) is 5.60 Å². The SMILES string of the molecule is COCCN(CCc1ccc(Br)cc1)C(=O)OC(C)(C)C. The molecule has 1 aromatic rings. The van der Waals surface area contributed by atoms with Crippen molar-refractivity contribution in [3.8, 4) is 0 Å². The van der Waals surface area contributed by atoms with E-state index in [0.717, 1.165) is 10.9 Å². The summed E-state index contributed by atoms with van der Waals surface area (Å²) in [5.74, 6) is 0. The highest BCUT2D eigenvalue weighted by atomic mass is 79.9. The van der Waals surface area contributed by atoms with Crippen molar-refractivity contribution in [1.29, 1.82) is 0 Å². The molecule has 21 heavy (non-hydrogen) atoms. The highest BCUT2D eigenvalue weighted by Gasteiger charge is 2.21. The second-order valence-electron chi connectivity index (χ2n) is 5.84. The van der Waals surface area contributed by atoms with E-state index in [0.29, 0.717) is 19.7 Å². The van der Waals surface area contributed by atoms with E-state index in [1.165, 1.54) is 5.56 Å². The predicted molar refractivity (Wildman–Crippen MR) is 87.5 cm³/mol. The molecule has 0 radical (unpaired) electrons. The Balaban J connectivity index is 2.60. The molecule has 0 aliphatic heterocycles. The van der Waals surface area contributed by atoms with Crippen LogP contribution in [-0.2, 0) is 15.9 Å². The predicted octanol–water partition coefficient (Wildman–Crippen LogP) is 3.88. The Morgan fingerprint density at radius 1 is 1.19 bits per heavy atom. The lowest BCUT2D eigenvalue weighted by Crippen LogP contribution is -2.39. The standard InChI is InChI=1S/C16H24BrNO3/c1-16(2,3)21-15(19)18(11-12-20-4)10-9-13-5-7-14(17)8-6-13/h5-8H,9-12H2,1-4H3. The number of benzene rings is 1. The minimum absolute atomic E-state index is 0.295. The smallest absolute Gasteiger partial charge is 0.410 e. The van der Waals surface area contributed by atoms with Crippen LogP contribution in [0.1, 0.15) is 26.3 Å². The molecule has 0 bridgehead atoms. The minimum Gasteiger partial charge on any atom is -0.444 e. The van der Waals surface area contributed by atoms with Crippen molar-refractivity contribution in [2.45, 2.75) is 32.8 Å². The molecule has 4 nitrogen and oxygen atoms in total. The number of carbonyl (C=O) groups is 1. The van der Waals surface area contributed by atoms with Gasteiger partial charge in [0, 0.05) is 24.7 Å². The van der Waals surface area contributed by atoms with Gasteiger partial charge in [0.2, 0.25) is 0 Å². The lowest BCUT2D eigenvalue weighted by atomic mass is 10.1. The van der Waals surface area contributed by atoms with Crippen LogP contribution in [0, 0.1) is 0 Å². The molecule has 118 valence electrons. The molecule has 0 unspecified atom stereocenters. The third-order valence-corrected chi connectivity index (χ3v) is 3.33. The first-order chi connectivity index (χ1) is 9.81. The van der Waals surface area contributed by atoms with Crippen LogP contribution in [0.3, 0.4) is 0 Å². The van der Waals surface area contributed by atoms with Gasteiger partial charge < -0.3 is 14.4 Å². The third kappa shape index (κ3) is 7.48. The summed E-state index contributed by atoms with van der Waals surface area (Å²) in [5, 5.41) is 0. The third-order valence-electron chi connectivity index (χ3n) is 2.80. The molecule has 0 fully saturated rings. The van der Waals surface area contributed by atoms with Gasteiger partial charge in [0.25, 0.3) is 0 Å². The molecular formula is C16H24BrNO3. The molecule has 1 rings (SSSR count). The number of carbonyl (C=O) groups excluding carboxylic acids is 1. The largest absolute Gasteiger partial charge is 0.444 e. The fourth-order valence-corrected chi connectivity index (χ4v) is 2.00. The molecule has 0 spiro atoms. The van der Waals surface area contributed by atoms with Gasteiger partial charge in [0.05, 0.1) is 6.61 Å². The van der Waals surface area contributed by atoms with Gasteiger partial charge >= 0.3 is 6.09 Å². The Labute approximate surface area is 135 Å². The number of ether oxygens (including phenoxy) is 2. The van der Waals surface area contributed by atoms with E-state index in [2.05, 4.69) is 15.9 Å². The minimum atomic E-state index is -0.486. The summed E-state index contributed by atoms with van der Waals surface area (Å²) in [6, 6.07) is 8.10. The molecule has 0 N–H and O–H groups in total. The van der Waals surface area contributed by atoms with Crippen LogP contribution in [-0.4, -0.2) is 43.4 Å². The van der Waals surface area contributed by atoms with E-state index >= 15 is 0 Å². The average Bonchev–Trinajstić information content (AvgIpc) is 2.38. The van der Waals surface area contributed by atoms with Crippen molar-refractivity contribution in [2.75, 3.05) is 26.8 Å². The van der Waals surface area contributed by atoms with Crippen molar-refractivity contribution < 1.29 is 14.3 Å². The number of nitrogens with zero attached hydrogens (tertiary/aromatic N) is 1. The van der Waals surface area contributed by atoms with Gasteiger partial charge in [-0.05, 0) is 44.9 Å². The first kappa shape index (κ1) is 18.0. The molecule has 0 atom stereocenters. The zero-order valence-corrected chi connectivity index (χ0v) is 14.8. The quantitative estimate of drug-likeness (QED) is 0.775. The summed E-state index contributed by atoms with van der Waals surface area (Å²) >= 11 is 3.41. The van der Waals surface area contributed by atoms with Crippen LogP contribution in [0.5, 0.6) is 0 Å². The molecular weight excluding hydrogens is 334 g/mol. The second kappa shape index (κ2) is 8.39. The van der Waals surface area contributed by atoms with Crippen LogP contribution < -0.4 is 0 Å². The van der Waals surface area contributed by atoms with E-state index < -0.39 is 5.60 Å². The van der Waals surface area contributed by atoms with Gasteiger partial charge in [-0.2, -0.15) is 0 Å². The van der Waals surface area contributed by atoms with Gasteiger partial charge in [-0.3, -0.25) is 0 Å². The molecule has 0 aliphatic rings. The Morgan fingerprint density at radius 3 is 2.33 bits per heavy atom. The Kier molecular flexibility index (Phi) is 7.18. The van der Waals surface area contributed by atoms with Crippen molar-refractivity contribution in [2.24, 2.45) is 0 Å². The fourth-order valence-electron chi connectivity index (χ4n) is 1.74. The monoisotopic (exact) mass is 357 g/mol. The maximum atomic E-state index is 12.2. The van der Waals surface area contributed by atoms with Gasteiger partial charge in [-0.15, -0.1) is 0 Å². The summed E-state index contributed by atoms with van der Waals surface area (Å²) in [7, 11) is 1.63. The van der Waals surface area contributed by atoms with E-state index in [1.807, 2.05) is 45.0 Å². The van der Waals surface area contributed by atoms with E-state index in [4.69, 9.17) is 9.47 Å². The van der Waals surface area contributed by atoms with E-state index in [9.17, 15) is 4.79 Å². The van der Waals surface area contributed by atoms with Gasteiger partial charge in [0.15, 0.2) is 0 Å². The van der Waals surface area contributed by atoms with Crippen molar-refractivity contribution in [3.63, 3.8) is 0 Å². The van der Waals surface area contributed by atoms with E-state index in [-0.39, 0.29) is 6.09 Å². The number of hydrogen-bond acceptors (Lipinski definition) is 3. The normalized spacial score (nSPS) is 11.3. The fraction of sp³-hybridized carbons (Fsp3) is 0.562. The topological polar surface area (TPSA) is 38.8 Å². The molecule has 1 aromatic carbocycles. The summed E-state index contributed by atoms with van der Waals surface area (Å²) < 4.78 is 11.5. The number of amides is 1. The Hall–Kier alpha value is -1.07. The van der Waals surface area contributed by atoms with Gasteiger partial charge in [-0.1, -0.05) is 28.1 Å². The second-order valence-corrected chi connectivity index (χ2v) is 6.75. The number of methoxy groups -OCH3 is 1. The number of halogens is 1. The average molecular weight is 358 g/mol. The lowest BCUT2D eigenvalue weighted by Gasteiger charge is -2.27. The van der Waals surface area contributed by atoms with Crippen molar-refractivity contribution >= 4 is 22.0 Å². The van der Waals surface area contributed by atoms with Crippen LogP contribution >= 0.6 is 15.9 Å². The Bertz CT molecular complexity index is 440. The Morgan fingerprint density at radius 2 is 1.81 bits per heavy atom. The molecule has 0 aromatic heterocycles. The first-order valence-electron chi connectivity index (χ1n) is 7.03. The van der Waals surface area contributed by atoms with E-state index in [1.54, 1.807) is 12.0 Å². The zero-order valence-electron chi connectivity index (χ0n) is 13.2. The summed E-state index contributed by atoms with van der Waals surface area (Å²) in [6.07, 6.45) is 0.493. The maximum Gasteiger partial charge on any atom is 0.410 e. The highest BCUT2D eigenvalue weighted by molar-refractivity contribution is 9.10. The zero-order chi connectivity index (χ0) is 15.9. The van der Waals surface area contributed by atoms with Crippen molar-refractivity contribution in [1.82, 2.24) is 4.90 Å². The van der Waals surface area contributed by atoms with Crippen LogP contribution in [0.15, 0.2) is 28.7 Å².